The van der Waals surface area contributed by atoms with Gasteiger partial charge in [-0.15, -0.1) is 13.2 Å². The molecule has 1 heterocycles. The molecule has 6 nitrogen and oxygen atoms in total. The molecule has 0 saturated heterocycles. The van der Waals surface area contributed by atoms with Gasteiger partial charge in [0, 0.05) is 26.0 Å². The first kappa shape index (κ1) is 23.7. The van der Waals surface area contributed by atoms with Gasteiger partial charge in [0.25, 0.3) is 5.91 Å². The summed E-state index contributed by atoms with van der Waals surface area (Å²) in [4.78, 5) is 25.5. The van der Waals surface area contributed by atoms with Gasteiger partial charge < -0.3 is 19.5 Å². The Morgan fingerprint density at radius 1 is 1.03 bits per heavy atom. The number of carbonyl (C=O) groups excluding carboxylic acids is 2. The Morgan fingerprint density at radius 3 is 2.53 bits per heavy atom. The first-order valence-electron chi connectivity index (χ1n) is 11.3. The number of hydrogen-bond acceptors (Lipinski definition) is 5. The second kappa shape index (κ2) is 8.89. The lowest BCUT2D eigenvalue weighted by Crippen LogP contribution is -2.22. The summed E-state index contributed by atoms with van der Waals surface area (Å²) >= 11 is 0. The maximum absolute atomic E-state index is 13.4. The van der Waals surface area contributed by atoms with E-state index in [-0.39, 0.29) is 37.5 Å². The molecule has 1 fully saturated rings. The van der Waals surface area contributed by atoms with Gasteiger partial charge in [0.2, 0.25) is 6.79 Å². The van der Waals surface area contributed by atoms with Gasteiger partial charge in [-0.1, -0.05) is 24.3 Å². The third kappa shape index (κ3) is 4.60. The van der Waals surface area contributed by atoms with E-state index in [0.717, 1.165) is 5.56 Å². The molecule has 0 spiro atoms. The minimum absolute atomic E-state index is 0. The predicted octanol–water partition coefficient (Wildman–Crippen LogP) is 5.43. The van der Waals surface area contributed by atoms with Crippen LogP contribution in [0, 0.1) is 0 Å². The quantitative estimate of drug-likeness (QED) is 0.469. The number of fused-ring (bicyclic) bond motifs is 1. The summed E-state index contributed by atoms with van der Waals surface area (Å²) in [5.74, 6) is 0.408. The third-order valence-corrected chi connectivity index (χ3v) is 6.51. The SMILES string of the molecule is CNC(=O)c1cccc(-c2cc(CC(=O)C3(c4ccc5c(c4)OCO5)CC3)ccc2OC(F)(F)F)c1.[HH]. The number of nitrogens with one attached hydrogen (secondary N) is 1. The van der Waals surface area contributed by atoms with E-state index in [1.54, 1.807) is 24.3 Å². The van der Waals surface area contributed by atoms with Crippen LogP contribution in [-0.2, 0) is 16.6 Å². The number of halogens is 3. The Kier molecular flexibility index (Phi) is 5.86. The van der Waals surface area contributed by atoms with Crippen molar-refractivity contribution in [3.05, 3.63) is 77.4 Å². The Hall–Kier alpha value is -4.01. The van der Waals surface area contributed by atoms with Crippen molar-refractivity contribution in [2.45, 2.75) is 31.0 Å². The summed E-state index contributed by atoms with van der Waals surface area (Å²) in [6.07, 6.45) is -3.51. The molecule has 188 valence electrons. The molecule has 1 N–H and O–H groups in total. The highest BCUT2D eigenvalue weighted by molar-refractivity contribution is 5.96. The average Bonchev–Trinajstić information content (AvgIpc) is 3.54. The largest absolute Gasteiger partial charge is 0.573 e. The van der Waals surface area contributed by atoms with Crippen molar-refractivity contribution in [3.8, 4) is 28.4 Å². The van der Waals surface area contributed by atoms with Crippen LogP contribution in [0.1, 0.15) is 35.8 Å². The van der Waals surface area contributed by atoms with Crippen LogP contribution in [0.3, 0.4) is 0 Å². The van der Waals surface area contributed by atoms with Crippen LogP contribution >= 0.6 is 0 Å². The van der Waals surface area contributed by atoms with Crippen molar-refractivity contribution in [2.75, 3.05) is 13.8 Å². The third-order valence-electron chi connectivity index (χ3n) is 6.51. The van der Waals surface area contributed by atoms with E-state index < -0.39 is 17.5 Å². The van der Waals surface area contributed by atoms with E-state index in [1.165, 1.54) is 31.3 Å². The number of carbonyl (C=O) groups is 2. The van der Waals surface area contributed by atoms with E-state index in [4.69, 9.17) is 9.47 Å². The summed E-state index contributed by atoms with van der Waals surface area (Å²) in [5.41, 5.74) is 1.52. The molecule has 36 heavy (non-hydrogen) atoms. The van der Waals surface area contributed by atoms with Gasteiger partial charge in [-0.2, -0.15) is 0 Å². The number of amides is 1. The number of rotatable bonds is 7. The fourth-order valence-electron chi connectivity index (χ4n) is 4.50. The lowest BCUT2D eigenvalue weighted by molar-refractivity contribution is -0.274. The Labute approximate surface area is 206 Å². The van der Waals surface area contributed by atoms with Gasteiger partial charge in [0.15, 0.2) is 11.5 Å². The molecule has 5 rings (SSSR count). The number of alkyl halides is 3. The highest BCUT2D eigenvalue weighted by Gasteiger charge is 2.50. The van der Waals surface area contributed by atoms with Crippen molar-refractivity contribution < 1.29 is 38.4 Å². The molecule has 9 heteroatoms. The Morgan fingerprint density at radius 2 is 1.81 bits per heavy atom. The summed E-state index contributed by atoms with van der Waals surface area (Å²) in [6.45, 7) is 0.135. The smallest absolute Gasteiger partial charge is 0.454 e. The van der Waals surface area contributed by atoms with Crippen LogP contribution < -0.4 is 19.5 Å². The summed E-state index contributed by atoms with van der Waals surface area (Å²) in [6, 6.07) is 15.8. The lowest BCUT2D eigenvalue weighted by Gasteiger charge is -2.17. The molecule has 1 amide bonds. The molecule has 3 aromatic carbocycles. The second-order valence-corrected chi connectivity index (χ2v) is 8.79. The van der Waals surface area contributed by atoms with Crippen LogP contribution in [0.4, 0.5) is 13.2 Å². The predicted molar refractivity (Wildman–Crippen MR) is 126 cm³/mol. The van der Waals surface area contributed by atoms with Gasteiger partial charge in [-0.05, 0) is 65.9 Å². The standard InChI is InChI=1S/C27H22F3NO5.H2/c1-31-25(33)18-4-2-3-17(13-18)20-11-16(5-7-21(20)36-27(28,29)30)12-24(32)26(9-10-26)19-6-8-22-23(14-19)35-15-34-22;/h2-8,11,13-14H,9-10,12,15H2,1H3,(H,31,33);1H. The molecule has 1 saturated carbocycles. The highest BCUT2D eigenvalue weighted by atomic mass is 19.4. The van der Waals surface area contributed by atoms with Gasteiger partial charge in [0.05, 0.1) is 5.41 Å². The first-order valence-corrected chi connectivity index (χ1v) is 11.3. The molecule has 1 aliphatic heterocycles. The van der Waals surface area contributed by atoms with Crippen LogP contribution in [0.25, 0.3) is 11.1 Å². The van der Waals surface area contributed by atoms with Gasteiger partial charge in [0.1, 0.15) is 11.5 Å². The van der Waals surface area contributed by atoms with Crippen molar-refractivity contribution in [2.24, 2.45) is 0 Å². The zero-order valence-corrected chi connectivity index (χ0v) is 19.3. The molecule has 0 aromatic heterocycles. The molecule has 0 radical (unpaired) electrons. The van der Waals surface area contributed by atoms with E-state index >= 15 is 0 Å². The number of benzene rings is 3. The maximum atomic E-state index is 13.4. The summed E-state index contributed by atoms with van der Waals surface area (Å²) < 4.78 is 54.3. The van der Waals surface area contributed by atoms with Gasteiger partial charge >= 0.3 is 6.36 Å². The molecule has 3 aromatic rings. The van der Waals surface area contributed by atoms with Crippen molar-refractivity contribution in [3.63, 3.8) is 0 Å². The maximum Gasteiger partial charge on any atom is 0.573 e. The van der Waals surface area contributed by atoms with Crippen molar-refractivity contribution in [1.29, 1.82) is 0 Å². The molecular weight excluding hydrogens is 475 g/mol. The Bertz CT molecular complexity index is 1350. The molecular formula is C27H24F3NO5. The highest BCUT2D eigenvalue weighted by Crippen LogP contribution is 2.51. The summed E-state index contributed by atoms with van der Waals surface area (Å²) in [5, 5.41) is 2.49. The van der Waals surface area contributed by atoms with Crippen LogP contribution in [0.2, 0.25) is 0 Å². The minimum atomic E-state index is -4.90. The monoisotopic (exact) mass is 499 g/mol. The van der Waals surface area contributed by atoms with E-state index in [1.807, 2.05) is 12.1 Å². The normalized spacial score (nSPS) is 15.3. The fraction of sp³-hybridized carbons (Fsp3) is 0.259. The van der Waals surface area contributed by atoms with Crippen molar-refractivity contribution in [1.82, 2.24) is 5.32 Å². The molecule has 0 bridgehead atoms. The molecule has 0 unspecified atom stereocenters. The van der Waals surface area contributed by atoms with Crippen LogP contribution in [0.5, 0.6) is 17.2 Å². The van der Waals surface area contributed by atoms with Gasteiger partial charge in [-0.3, -0.25) is 9.59 Å². The average molecular weight is 499 g/mol. The fourth-order valence-corrected chi connectivity index (χ4v) is 4.50. The molecule has 2 aliphatic rings. The summed E-state index contributed by atoms with van der Waals surface area (Å²) in [7, 11) is 1.47. The number of ketones is 1. The van der Waals surface area contributed by atoms with Gasteiger partial charge in [-0.25, -0.2) is 0 Å². The number of ether oxygens (including phenoxy) is 3. The number of hydrogen-bond donors (Lipinski definition) is 1. The second-order valence-electron chi connectivity index (χ2n) is 8.79. The minimum Gasteiger partial charge on any atom is -0.454 e. The zero-order chi connectivity index (χ0) is 25.5. The lowest BCUT2D eigenvalue weighted by atomic mass is 9.87. The zero-order valence-electron chi connectivity index (χ0n) is 19.3. The van der Waals surface area contributed by atoms with Crippen molar-refractivity contribution >= 4 is 11.7 Å². The van der Waals surface area contributed by atoms with Crippen LogP contribution in [-0.4, -0.2) is 31.9 Å². The molecule has 0 atom stereocenters. The molecule has 1 aliphatic carbocycles. The number of Topliss-reactive ketones (excluding diaryl/α,β-unsaturated/α-hetero) is 1. The first-order chi connectivity index (χ1) is 17.2. The Balaban J connectivity index is 0.00000320. The van der Waals surface area contributed by atoms with E-state index in [0.29, 0.717) is 35.5 Å². The van der Waals surface area contributed by atoms with Crippen LogP contribution in [0.15, 0.2) is 60.7 Å². The van der Waals surface area contributed by atoms with E-state index in [9.17, 15) is 22.8 Å². The topological polar surface area (TPSA) is 73.9 Å². The van der Waals surface area contributed by atoms with E-state index in [2.05, 4.69) is 10.1 Å².